The van der Waals surface area contributed by atoms with E-state index < -0.39 is 41.8 Å². The first-order valence-corrected chi connectivity index (χ1v) is 43.6. The van der Waals surface area contributed by atoms with Crippen LogP contribution in [0.4, 0.5) is 0 Å². The fourth-order valence-electron chi connectivity index (χ4n) is 10.3. The van der Waals surface area contributed by atoms with Gasteiger partial charge >= 0.3 is 23.4 Å². The minimum Gasteiger partial charge on any atom is -0.388 e. The second kappa shape index (κ2) is 53.2. The number of aliphatic hydroxyl groups excluding tert-OH is 3. The van der Waals surface area contributed by atoms with Gasteiger partial charge in [0.2, 0.25) is 0 Å². The highest BCUT2D eigenvalue weighted by atomic mass is 35.6. The molecular weight excluding hydrogens is 1450 g/mol. The third-order valence-corrected chi connectivity index (χ3v) is 29.1. The summed E-state index contributed by atoms with van der Waals surface area (Å²) >= 11 is 19.5. The van der Waals surface area contributed by atoms with E-state index in [1.165, 1.54) is 11.1 Å². The molecule has 9 atom stereocenters. The molecule has 0 bridgehead atoms. The number of allylic oxidation sites excluding steroid dienone is 3. The Morgan fingerprint density at radius 2 is 0.598 bits per heavy atom. The van der Waals surface area contributed by atoms with E-state index in [1.54, 1.807) is 60.7 Å². The fraction of sp³-hybridized carbons (Fsp3) is 0.292. The number of carbonyl (C=O) groups excluding carboxylic acids is 3. The molecule has 3 aliphatic heterocycles. The van der Waals surface area contributed by atoms with Crippen molar-refractivity contribution in [1.29, 1.82) is 0 Å². The summed E-state index contributed by atoms with van der Waals surface area (Å²) in [6.07, 6.45) is 13.9. The number of carbonyl (C=O) groups is 3. The van der Waals surface area contributed by atoms with Crippen molar-refractivity contribution >= 4 is 75.5 Å². The Labute approximate surface area is 659 Å². The van der Waals surface area contributed by atoms with Crippen LogP contribution in [0.25, 0.3) is 0 Å². The van der Waals surface area contributed by atoms with E-state index >= 15 is 0 Å². The van der Waals surface area contributed by atoms with Crippen molar-refractivity contribution in [2.24, 2.45) is 0 Å². The second-order valence-corrected chi connectivity index (χ2v) is 38.1. The summed E-state index contributed by atoms with van der Waals surface area (Å²) < 4.78 is 28.3. The molecule has 11 rings (SSSR count). The molecule has 107 heavy (non-hydrogen) atoms. The lowest BCUT2D eigenvalue weighted by Gasteiger charge is -2.31. The van der Waals surface area contributed by atoms with Gasteiger partial charge in [0.15, 0.2) is 0 Å². The first-order chi connectivity index (χ1) is 49.7. The number of likely N-dealkylation sites (N-methyl/N-ethyl adjacent to an activating group) is 2. The zero-order chi connectivity index (χ0) is 77.0. The minimum absolute atomic E-state index is 0. The monoisotopic (exact) mass is 1560 g/mol. The first kappa shape index (κ1) is 99.4. The highest BCUT2D eigenvalue weighted by molar-refractivity contribution is 7.16. The molecule has 0 aliphatic carbocycles. The van der Waals surface area contributed by atoms with Crippen molar-refractivity contribution in [2.45, 2.75) is 155 Å². The molecule has 0 aromatic heterocycles. The number of rotatable bonds is 20. The van der Waals surface area contributed by atoms with E-state index in [1.807, 2.05) is 222 Å². The predicted octanol–water partition coefficient (Wildman–Crippen LogP) is 23.1. The standard InChI is InChI=1S/2C13H18ClNOSi.3C10H12O.C9H17ClO2Si.3C7H6O.3CH4/c2*1-4-10-17(14)15(3)11(2)13(16-17)12-8-6-5-7-9-12;3*1-2-6-10(11)9-7-4-3-5-8-9;1-6-7-13(10)11-8(2,3)9(4,5)12-13;3*8-6-7-4-2-1-3-5-7;;;/h2*4-9,11,13H,1,10H2,2-3H3;3*2-5,7-8,10-11H,1,6H2;6H,1,7H2,2-5H3;3*1-6H;3*1H4/t2*11-,13+,17?;2*10-;;;;;;;;/m0000......../s1. The van der Waals surface area contributed by atoms with Crippen molar-refractivity contribution in [1.82, 2.24) is 9.13 Å². The van der Waals surface area contributed by atoms with Gasteiger partial charge in [0, 0.05) is 46.9 Å². The van der Waals surface area contributed by atoms with E-state index in [9.17, 15) is 29.7 Å². The molecule has 3 aliphatic rings. The van der Waals surface area contributed by atoms with E-state index in [0.717, 1.165) is 64.3 Å². The van der Waals surface area contributed by atoms with Crippen LogP contribution in [0, 0.1) is 0 Å². The number of aldehydes is 3. The van der Waals surface area contributed by atoms with Crippen molar-refractivity contribution in [3.8, 4) is 0 Å². The quantitative estimate of drug-likeness (QED) is 0.0288. The molecule has 0 radical (unpaired) electrons. The molecule has 0 amide bonds. The van der Waals surface area contributed by atoms with Crippen LogP contribution in [0.2, 0.25) is 18.1 Å². The number of benzene rings is 8. The molecule has 12 nitrogen and oxygen atoms in total. The molecule has 0 spiro atoms. The molecule has 578 valence electrons. The summed E-state index contributed by atoms with van der Waals surface area (Å²) in [6, 6.07) is 79.4. The summed E-state index contributed by atoms with van der Waals surface area (Å²) in [6.45, 7) is 34.3. The van der Waals surface area contributed by atoms with Gasteiger partial charge in [0.05, 0.1) is 41.7 Å². The Hall–Kier alpha value is -7.63. The Balaban J connectivity index is 0.00000119. The molecule has 8 aromatic rings. The van der Waals surface area contributed by atoms with E-state index in [2.05, 4.69) is 101 Å². The molecule has 3 fully saturated rings. The third kappa shape index (κ3) is 34.7. The Bertz CT molecular complexity index is 3390. The number of hydrogen-bond acceptors (Lipinski definition) is 12. The van der Waals surface area contributed by atoms with Gasteiger partial charge in [-0.3, -0.25) is 23.5 Å². The maximum absolute atomic E-state index is 10.0. The number of hydrogen-bond donors (Lipinski definition) is 3. The van der Waals surface area contributed by atoms with Crippen LogP contribution in [0.3, 0.4) is 0 Å². The SMILES string of the molecule is C.C.C.C=CCC(O)c1ccccc1.C=CC[C@H](O)c1ccccc1.C=CC[C@H](O)c1ccccc1.C=CC[Si]1(Cl)OC(C)(C)C(C)(C)O1.C=CC[Si]1(Cl)O[C@@H](c2ccccc2)[C@H](C)N1C.C=CC[Si]1(Cl)O[C@@H](c2ccccc2)[C@H](C)N1C.O=Cc1ccccc1.O=Cc1ccccc1.O=Cc1ccccc1. The summed E-state index contributed by atoms with van der Waals surface area (Å²) in [5, 5.41) is 28.3. The zero-order valence-electron chi connectivity index (χ0n) is 61.5. The van der Waals surface area contributed by atoms with Crippen LogP contribution in [-0.2, 0) is 17.7 Å². The molecule has 8 aromatic carbocycles. The van der Waals surface area contributed by atoms with Crippen molar-refractivity contribution in [3.05, 3.63) is 363 Å². The van der Waals surface area contributed by atoms with Gasteiger partial charge < -0.3 is 33.0 Å². The Morgan fingerprint density at radius 1 is 0.383 bits per heavy atom. The Kier molecular flexibility index (Phi) is 49.4. The van der Waals surface area contributed by atoms with Crippen LogP contribution >= 0.6 is 33.2 Å². The molecule has 18 heteroatoms. The first-order valence-electron chi connectivity index (χ1n) is 34.5. The van der Waals surface area contributed by atoms with Crippen molar-refractivity contribution < 1.29 is 47.4 Å². The summed E-state index contributed by atoms with van der Waals surface area (Å²) in [4.78, 5) is 30.0. The lowest BCUT2D eigenvalue weighted by atomic mass is 9.90. The van der Waals surface area contributed by atoms with E-state index in [-0.39, 0.29) is 45.7 Å². The molecule has 0 saturated carbocycles. The highest BCUT2D eigenvalue weighted by Crippen LogP contribution is 2.45. The summed E-state index contributed by atoms with van der Waals surface area (Å²) in [7, 11) is -3.02. The van der Waals surface area contributed by atoms with Crippen LogP contribution in [0.5, 0.6) is 0 Å². The number of aliphatic hydroxyl groups is 3. The van der Waals surface area contributed by atoms with Gasteiger partial charge in [-0.05, 0) is 103 Å². The maximum atomic E-state index is 10.0. The second-order valence-electron chi connectivity index (χ2n) is 25.3. The fourth-order valence-corrected chi connectivity index (χ4v) is 21.2. The van der Waals surface area contributed by atoms with Crippen molar-refractivity contribution in [3.63, 3.8) is 0 Å². The number of nitrogens with zero attached hydrogens (tertiary/aromatic N) is 2. The van der Waals surface area contributed by atoms with Gasteiger partial charge in [-0.15, -0.1) is 61.6 Å². The van der Waals surface area contributed by atoms with Crippen molar-refractivity contribution in [2.75, 3.05) is 14.1 Å². The average molecular weight is 1570 g/mol. The van der Waals surface area contributed by atoms with Crippen LogP contribution in [-0.4, -0.2) is 104 Å². The predicted molar refractivity (Wildman–Crippen MR) is 459 cm³/mol. The molecule has 3 heterocycles. The summed E-state index contributed by atoms with van der Waals surface area (Å²) in [5.41, 5.74) is 6.81. The lowest BCUT2D eigenvalue weighted by Crippen LogP contribution is -2.44. The van der Waals surface area contributed by atoms with Gasteiger partial charge in [0.25, 0.3) is 0 Å². The maximum Gasteiger partial charge on any atom is 0.448 e. The lowest BCUT2D eigenvalue weighted by molar-refractivity contribution is 0.00578. The van der Waals surface area contributed by atoms with Gasteiger partial charge in [0.1, 0.15) is 18.9 Å². The topological polar surface area (TPSA) is 155 Å². The average Bonchev–Trinajstić information content (AvgIpc) is 1.62. The summed E-state index contributed by atoms with van der Waals surface area (Å²) in [5.74, 6) is 0. The van der Waals surface area contributed by atoms with E-state index in [4.69, 9.17) is 50.9 Å². The van der Waals surface area contributed by atoms with Gasteiger partial charge in [-0.2, -0.15) is 0 Å². The zero-order valence-corrected chi connectivity index (χ0v) is 66.8. The molecular formula is C89H119Cl3N2O10Si3. The van der Waals surface area contributed by atoms with E-state index in [0.29, 0.717) is 37.4 Å². The smallest absolute Gasteiger partial charge is 0.388 e. The third-order valence-electron chi connectivity index (χ3n) is 17.0. The molecule has 3 N–H and O–H groups in total. The van der Waals surface area contributed by atoms with Gasteiger partial charge in [-0.25, -0.2) is 0 Å². The number of halogens is 3. The largest absolute Gasteiger partial charge is 0.448 e. The van der Waals surface area contributed by atoms with Crippen LogP contribution in [0.1, 0.15) is 172 Å². The Morgan fingerprint density at radius 3 is 0.794 bits per heavy atom. The molecule has 3 saturated heterocycles. The normalized spacial score (nSPS) is 20.0. The minimum atomic E-state index is -2.50. The molecule has 3 unspecified atom stereocenters. The van der Waals surface area contributed by atoms with Crippen LogP contribution < -0.4 is 0 Å². The highest BCUT2D eigenvalue weighted by Gasteiger charge is 2.58. The van der Waals surface area contributed by atoms with Crippen LogP contribution in [0.15, 0.2) is 319 Å². The van der Waals surface area contributed by atoms with Gasteiger partial charge in [-0.1, -0.05) is 312 Å².